The monoisotopic (exact) mass is 401 g/mol. The maximum atomic E-state index is 12.5. The summed E-state index contributed by atoms with van der Waals surface area (Å²) in [6, 6.07) is 10.1. The fourth-order valence-corrected chi connectivity index (χ4v) is 5.28. The highest BCUT2D eigenvalue weighted by atomic mass is 32.1. The van der Waals surface area contributed by atoms with E-state index >= 15 is 0 Å². The predicted octanol–water partition coefficient (Wildman–Crippen LogP) is 4.30. The van der Waals surface area contributed by atoms with Gasteiger partial charge in [0.25, 0.3) is 5.91 Å². The van der Waals surface area contributed by atoms with Crippen LogP contribution in [0.4, 0.5) is 5.00 Å². The van der Waals surface area contributed by atoms with Crippen molar-refractivity contribution < 1.29 is 9.21 Å². The first kappa shape index (κ1) is 18.4. The number of likely N-dealkylation sites (N-methyl/N-ethyl adjacent to an activating group) is 1. The summed E-state index contributed by atoms with van der Waals surface area (Å²) in [7, 11) is 2.17. The van der Waals surface area contributed by atoms with Crippen LogP contribution in [0.3, 0.4) is 0 Å². The number of aryl methyl sites for hydroxylation is 1. The van der Waals surface area contributed by atoms with Crippen molar-refractivity contribution in [2.75, 3.05) is 38.5 Å². The lowest BCUT2D eigenvalue weighted by molar-refractivity contribution is 0.0996. The van der Waals surface area contributed by atoms with E-state index in [1.165, 1.54) is 21.6 Å². The Kier molecular flexibility index (Phi) is 5.45. The molecule has 1 aliphatic rings. The van der Waals surface area contributed by atoms with Gasteiger partial charge in [0.1, 0.15) is 5.00 Å². The molecule has 0 bridgehead atoms. The van der Waals surface area contributed by atoms with Crippen LogP contribution in [0.2, 0.25) is 0 Å². The number of rotatable bonds is 5. The molecule has 0 radical (unpaired) electrons. The van der Waals surface area contributed by atoms with Gasteiger partial charge >= 0.3 is 0 Å². The zero-order chi connectivity index (χ0) is 18.8. The molecule has 7 heteroatoms. The summed E-state index contributed by atoms with van der Waals surface area (Å²) in [5.41, 5.74) is 1.17. The highest BCUT2D eigenvalue weighted by molar-refractivity contribution is 7.16. The van der Waals surface area contributed by atoms with E-state index in [0.717, 1.165) is 31.2 Å². The second-order valence-corrected chi connectivity index (χ2v) is 9.07. The minimum Gasteiger partial charge on any atom is -0.459 e. The van der Waals surface area contributed by atoms with E-state index in [1.807, 2.05) is 0 Å². The van der Waals surface area contributed by atoms with Crippen LogP contribution >= 0.6 is 22.7 Å². The fraction of sp³-hybridized carbons (Fsp3) is 0.350. The van der Waals surface area contributed by atoms with E-state index in [9.17, 15) is 4.79 Å². The van der Waals surface area contributed by atoms with Crippen LogP contribution in [-0.4, -0.2) is 48.9 Å². The molecule has 0 aromatic carbocycles. The number of carbonyl (C=O) groups excluding carboxylic acids is 1. The Morgan fingerprint density at radius 1 is 1.22 bits per heavy atom. The van der Waals surface area contributed by atoms with Crippen LogP contribution < -0.4 is 5.32 Å². The van der Waals surface area contributed by atoms with Crippen LogP contribution in [0.5, 0.6) is 0 Å². The van der Waals surface area contributed by atoms with E-state index in [1.54, 1.807) is 34.8 Å². The molecule has 27 heavy (non-hydrogen) atoms. The Labute approximate surface area is 167 Å². The number of piperazine rings is 1. The standard InChI is InChI=1S/C20H23N3O2S2/c1-14-13-15(20(27-14)21-19(24)16-5-3-11-25-16)18(17-6-4-12-26-17)23-9-7-22(2)8-10-23/h3-6,11-13,18H,7-10H2,1-2H3,(H,21,24)/t18-/m1/s1. The summed E-state index contributed by atoms with van der Waals surface area (Å²) >= 11 is 3.40. The summed E-state index contributed by atoms with van der Waals surface area (Å²) in [5.74, 6) is 0.130. The lowest BCUT2D eigenvalue weighted by Crippen LogP contribution is -2.46. The first-order valence-electron chi connectivity index (χ1n) is 9.03. The number of hydrogen-bond donors (Lipinski definition) is 1. The molecule has 4 rings (SSSR count). The fourth-order valence-electron chi connectivity index (χ4n) is 3.46. The highest BCUT2D eigenvalue weighted by Gasteiger charge is 2.29. The van der Waals surface area contributed by atoms with E-state index in [-0.39, 0.29) is 11.9 Å². The maximum Gasteiger partial charge on any atom is 0.291 e. The summed E-state index contributed by atoms with van der Waals surface area (Å²) in [5, 5.41) is 6.11. The van der Waals surface area contributed by atoms with E-state index in [4.69, 9.17) is 4.42 Å². The number of thiophene rings is 2. The first-order chi connectivity index (χ1) is 13.1. The number of amides is 1. The molecule has 0 unspecified atom stereocenters. The number of carbonyl (C=O) groups is 1. The third kappa shape index (κ3) is 4.01. The molecule has 1 amide bonds. The normalized spacial score (nSPS) is 17.1. The van der Waals surface area contributed by atoms with Crippen LogP contribution in [0, 0.1) is 6.92 Å². The van der Waals surface area contributed by atoms with Crippen molar-refractivity contribution in [3.63, 3.8) is 0 Å². The number of hydrogen-bond acceptors (Lipinski definition) is 6. The van der Waals surface area contributed by atoms with Crippen molar-refractivity contribution in [2.24, 2.45) is 0 Å². The molecule has 1 fully saturated rings. The van der Waals surface area contributed by atoms with Gasteiger partial charge in [0.05, 0.1) is 12.3 Å². The number of nitrogens with one attached hydrogen (secondary N) is 1. The van der Waals surface area contributed by atoms with E-state index < -0.39 is 0 Å². The molecule has 0 aliphatic carbocycles. The molecule has 1 saturated heterocycles. The predicted molar refractivity (Wildman–Crippen MR) is 111 cm³/mol. The van der Waals surface area contributed by atoms with Crippen molar-refractivity contribution in [2.45, 2.75) is 13.0 Å². The first-order valence-corrected chi connectivity index (χ1v) is 10.7. The Hall–Kier alpha value is -1.93. The zero-order valence-electron chi connectivity index (χ0n) is 15.5. The lowest BCUT2D eigenvalue weighted by atomic mass is 10.0. The van der Waals surface area contributed by atoms with Gasteiger partial charge in [-0.2, -0.15) is 0 Å². The van der Waals surface area contributed by atoms with Crippen molar-refractivity contribution >= 4 is 33.6 Å². The molecule has 3 aromatic heterocycles. The Bertz CT molecular complexity index is 879. The lowest BCUT2D eigenvalue weighted by Gasteiger charge is -2.37. The van der Waals surface area contributed by atoms with Crippen molar-refractivity contribution in [1.29, 1.82) is 0 Å². The summed E-state index contributed by atoms with van der Waals surface area (Å²) in [4.78, 5) is 19.9. The summed E-state index contributed by atoms with van der Waals surface area (Å²) in [6.07, 6.45) is 1.52. The molecule has 4 heterocycles. The van der Waals surface area contributed by atoms with Crippen LogP contribution in [-0.2, 0) is 0 Å². The third-order valence-corrected chi connectivity index (χ3v) is 6.77. The van der Waals surface area contributed by atoms with E-state index in [2.05, 4.69) is 52.7 Å². The summed E-state index contributed by atoms with van der Waals surface area (Å²) in [6.45, 7) is 6.23. The van der Waals surface area contributed by atoms with Gasteiger partial charge in [0, 0.05) is 41.5 Å². The molecule has 0 saturated carbocycles. The molecule has 3 aromatic rings. The quantitative estimate of drug-likeness (QED) is 0.692. The van der Waals surface area contributed by atoms with Gasteiger partial charge in [-0.25, -0.2) is 0 Å². The van der Waals surface area contributed by atoms with Gasteiger partial charge in [-0.1, -0.05) is 6.07 Å². The molecule has 5 nitrogen and oxygen atoms in total. The zero-order valence-corrected chi connectivity index (χ0v) is 17.1. The van der Waals surface area contributed by atoms with Crippen molar-refractivity contribution in [1.82, 2.24) is 9.80 Å². The van der Waals surface area contributed by atoms with Crippen molar-refractivity contribution in [3.05, 3.63) is 63.1 Å². The number of anilines is 1. The minimum atomic E-state index is -0.202. The summed E-state index contributed by atoms with van der Waals surface area (Å²) < 4.78 is 5.25. The molecule has 1 atom stereocenters. The van der Waals surface area contributed by atoms with Crippen LogP contribution in [0.25, 0.3) is 0 Å². The molecular formula is C20H23N3O2S2. The molecule has 1 N–H and O–H groups in total. The Morgan fingerprint density at radius 2 is 2.04 bits per heavy atom. The number of furan rings is 1. The topological polar surface area (TPSA) is 48.7 Å². The van der Waals surface area contributed by atoms with Gasteiger partial charge in [0.15, 0.2) is 5.76 Å². The second kappa shape index (κ2) is 7.98. The van der Waals surface area contributed by atoms with Crippen LogP contribution in [0.15, 0.2) is 46.4 Å². The molecule has 1 aliphatic heterocycles. The number of nitrogens with zero attached hydrogens (tertiary/aromatic N) is 2. The molecular weight excluding hydrogens is 378 g/mol. The maximum absolute atomic E-state index is 12.5. The second-order valence-electron chi connectivity index (χ2n) is 6.83. The van der Waals surface area contributed by atoms with Crippen LogP contribution in [0.1, 0.15) is 31.9 Å². The molecule has 142 valence electrons. The average molecular weight is 402 g/mol. The van der Waals surface area contributed by atoms with Gasteiger partial charge in [-0.15, -0.1) is 22.7 Å². The average Bonchev–Trinajstić information content (AvgIpc) is 3.40. The SMILES string of the molecule is Cc1cc([C@H](c2cccs2)N2CCN(C)CC2)c(NC(=O)c2ccco2)s1. The Morgan fingerprint density at radius 3 is 2.70 bits per heavy atom. The van der Waals surface area contributed by atoms with E-state index in [0.29, 0.717) is 5.76 Å². The third-order valence-electron chi connectivity index (χ3n) is 4.87. The van der Waals surface area contributed by atoms with Gasteiger partial charge < -0.3 is 14.6 Å². The van der Waals surface area contributed by atoms with Gasteiger partial charge in [-0.3, -0.25) is 9.69 Å². The highest BCUT2D eigenvalue weighted by Crippen LogP contribution is 2.40. The van der Waals surface area contributed by atoms with Gasteiger partial charge in [0.2, 0.25) is 0 Å². The largest absolute Gasteiger partial charge is 0.459 e. The van der Waals surface area contributed by atoms with Crippen molar-refractivity contribution in [3.8, 4) is 0 Å². The molecule has 0 spiro atoms. The smallest absolute Gasteiger partial charge is 0.291 e. The minimum absolute atomic E-state index is 0.163. The van der Waals surface area contributed by atoms with Gasteiger partial charge in [-0.05, 0) is 43.6 Å². The Balaban J connectivity index is 1.67.